The van der Waals surface area contributed by atoms with Crippen molar-refractivity contribution in [3.8, 4) is 0 Å². The van der Waals surface area contributed by atoms with Gasteiger partial charge in [-0.1, -0.05) is 6.92 Å². The Hall–Kier alpha value is -1.14. The van der Waals surface area contributed by atoms with Crippen molar-refractivity contribution in [2.75, 3.05) is 13.2 Å². The van der Waals surface area contributed by atoms with Crippen LogP contribution in [0.1, 0.15) is 26.2 Å². The van der Waals surface area contributed by atoms with Crippen molar-refractivity contribution >= 4 is 11.9 Å². The molecule has 1 amide bonds. The van der Waals surface area contributed by atoms with Crippen molar-refractivity contribution in [2.24, 2.45) is 11.7 Å². The molecule has 0 bridgehead atoms. The maximum Gasteiger partial charge on any atom is 0.303 e. The lowest BCUT2D eigenvalue weighted by Gasteiger charge is -2.14. The highest BCUT2D eigenvalue weighted by atomic mass is 16.4. The standard InChI is InChI=1S/C10H20N2O4/c1-7(4-5-13)6-12-10(16)8(11)2-3-9(14)15/h7-8,13H,2-6,11H2,1H3,(H,12,16)(H,14,15). The number of nitrogens with two attached hydrogens (primary N) is 1. The van der Waals surface area contributed by atoms with E-state index in [9.17, 15) is 9.59 Å². The number of hydrogen-bond donors (Lipinski definition) is 4. The van der Waals surface area contributed by atoms with Crippen LogP contribution in [0.4, 0.5) is 0 Å². The molecular formula is C10H20N2O4. The Kier molecular flexibility index (Phi) is 7.49. The Labute approximate surface area is 94.8 Å². The zero-order valence-corrected chi connectivity index (χ0v) is 9.48. The molecule has 0 aromatic carbocycles. The SMILES string of the molecule is CC(CCO)CNC(=O)C(N)CCC(=O)O. The van der Waals surface area contributed by atoms with Crippen LogP contribution in [-0.2, 0) is 9.59 Å². The minimum absolute atomic E-state index is 0.0854. The number of carbonyl (C=O) groups excluding carboxylic acids is 1. The van der Waals surface area contributed by atoms with Crippen molar-refractivity contribution in [1.82, 2.24) is 5.32 Å². The number of hydrogen-bond acceptors (Lipinski definition) is 4. The minimum Gasteiger partial charge on any atom is -0.481 e. The summed E-state index contributed by atoms with van der Waals surface area (Å²) in [7, 11) is 0. The molecule has 0 saturated carbocycles. The Morgan fingerprint density at radius 1 is 1.38 bits per heavy atom. The second kappa shape index (κ2) is 8.06. The highest BCUT2D eigenvalue weighted by molar-refractivity contribution is 5.82. The number of rotatable bonds is 8. The van der Waals surface area contributed by atoms with E-state index in [0.717, 1.165) is 0 Å². The molecule has 0 radical (unpaired) electrons. The van der Waals surface area contributed by atoms with E-state index in [1.807, 2.05) is 6.92 Å². The van der Waals surface area contributed by atoms with Crippen LogP contribution in [0.25, 0.3) is 0 Å². The fourth-order valence-corrected chi connectivity index (χ4v) is 1.14. The van der Waals surface area contributed by atoms with E-state index in [1.54, 1.807) is 0 Å². The van der Waals surface area contributed by atoms with Crippen LogP contribution in [0.15, 0.2) is 0 Å². The normalized spacial score (nSPS) is 14.2. The minimum atomic E-state index is -0.961. The topological polar surface area (TPSA) is 113 Å². The molecule has 16 heavy (non-hydrogen) atoms. The van der Waals surface area contributed by atoms with Gasteiger partial charge in [-0.2, -0.15) is 0 Å². The molecule has 0 aromatic rings. The van der Waals surface area contributed by atoms with Gasteiger partial charge in [-0.3, -0.25) is 9.59 Å². The van der Waals surface area contributed by atoms with E-state index < -0.39 is 12.0 Å². The Morgan fingerprint density at radius 3 is 2.50 bits per heavy atom. The van der Waals surface area contributed by atoms with Crippen LogP contribution in [0.5, 0.6) is 0 Å². The summed E-state index contributed by atoms with van der Waals surface area (Å²) in [5.74, 6) is -1.12. The lowest BCUT2D eigenvalue weighted by molar-refractivity contribution is -0.137. The molecule has 2 atom stereocenters. The number of aliphatic carboxylic acids is 1. The van der Waals surface area contributed by atoms with Gasteiger partial charge in [0.05, 0.1) is 6.04 Å². The number of nitrogens with one attached hydrogen (secondary N) is 1. The second-order valence-corrected chi connectivity index (χ2v) is 3.90. The van der Waals surface area contributed by atoms with Crippen LogP contribution in [0, 0.1) is 5.92 Å². The maximum atomic E-state index is 11.4. The molecule has 0 aliphatic heterocycles. The monoisotopic (exact) mass is 232 g/mol. The molecule has 0 aliphatic rings. The number of aliphatic hydroxyl groups excluding tert-OH is 1. The van der Waals surface area contributed by atoms with E-state index in [0.29, 0.717) is 13.0 Å². The van der Waals surface area contributed by atoms with Gasteiger partial charge in [0.15, 0.2) is 0 Å². The van der Waals surface area contributed by atoms with Crippen LogP contribution >= 0.6 is 0 Å². The fraction of sp³-hybridized carbons (Fsp3) is 0.800. The van der Waals surface area contributed by atoms with E-state index in [1.165, 1.54) is 0 Å². The molecule has 0 rings (SSSR count). The average Bonchev–Trinajstić information content (AvgIpc) is 2.22. The van der Waals surface area contributed by atoms with Gasteiger partial charge in [-0.25, -0.2) is 0 Å². The lowest BCUT2D eigenvalue weighted by atomic mass is 10.1. The third-order valence-corrected chi connectivity index (χ3v) is 2.25. The number of carboxylic acid groups (broad SMARTS) is 1. The maximum absolute atomic E-state index is 11.4. The molecule has 6 nitrogen and oxygen atoms in total. The fourth-order valence-electron chi connectivity index (χ4n) is 1.14. The average molecular weight is 232 g/mol. The van der Waals surface area contributed by atoms with Gasteiger partial charge in [0.25, 0.3) is 0 Å². The molecular weight excluding hydrogens is 212 g/mol. The number of amides is 1. The molecule has 94 valence electrons. The van der Waals surface area contributed by atoms with Crippen molar-refractivity contribution in [3.05, 3.63) is 0 Å². The lowest BCUT2D eigenvalue weighted by Crippen LogP contribution is -2.42. The van der Waals surface area contributed by atoms with Crippen molar-refractivity contribution in [2.45, 2.75) is 32.2 Å². The summed E-state index contributed by atoms with van der Waals surface area (Å²) >= 11 is 0. The van der Waals surface area contributed by atoms with Gasteiger partial charge in [-0.05, 0) is 18.8 Å². The third-order valence-electron chi connectivity index (χ3n) is 2.25. The first-order chi connectivity index (χ1) is 7.47. The van der Waals surface area contributed by atoms with E-state index in [2.05, 4.69) is 5.32 Å². The Bertz CT molecular complexity index is 233. The molecule has 0 saturated heterocycles. The van der Waals surface area contributed by atoms with Crippen LogP contribution < -0.4 is 11.1 Å². The Morgan fingerprint density at radius 2 is 2.00 bits per heavy atom. The van der Waals surface area contributed by atoms with Crippen molar-refractivity contribution < 1.29 is 19.8 Å². The summed E-state index contributed by atoms with van der Waals surface area (Å²) in [6.07, 6.45) is 0.640. The van der Waals surface area contributed by atoms with E-state index >= 15 is 0 Å². The summed E-state index contributed by atoms with van der Waals surface area (Å²) in [6, 6.07) is -0.780. The largest absolute Gasteiger partial charge is 0.481 e. The summed E-state index contributed by atoms with van der Waals surface area (Å²) < 4.78 is 0. The van der Waals surface area contributed by atoms with Crippen LogP contribution in [-0.4, -0.2) is 41.3 Å². The summed E-state index contributed by atoms with van der Waals surface area (Å²) in [5, 5.41) is 19.7. The van der Waals surface area contributed by atoms with Gasteiger partial charge < -0.3 is 21.3 Å². The second-order valence-electron chi connectivity index (χ2n) is 3.90. The quantitative estimate of drug-likeness (QED) is 0.442. The molecule has 0 heterocycles. The zero-order valence-electron chi connectivity index (χ0n) is 9.48. The Balaban J connectivity index is 3.74. The predicted octanol–water partition coefficient (Wildman–Crippen LogP) is -0.687. The number of carbonyl (C=O) groups is 2. The first-order valence-electron chi connectivity index (χ1n) is 5.33. The predicted molar refractivity (Wildman–Crippen MR) is 58.7 cm³/mol. The van der Waals surface area contributed by atoms with Crippen LogP contribution in [0.3, 0.4) is 0 Å². The summed E-state index contributed by atoms with van der Waals surface area (Å²) in [4.78, 5) is 21.6. The van der Waals surface area contributed by atoms with Crippen LogP contribution in [0.2, 0.25) is 0 Å². The van der Waals surface area contributed by atoms with Gasteiger partial charge >= 0.3 is 5.97 Å². The summed E-state index contributed by atoms with van der Waals surface area (Å²) in [6.45, 7) is 2.43. The molecule has 6 heteroatoms. The smallest absolute Gasteiger partial charge is 0.303 e. The molecule has 0 fully saturated rings. The van der Waals surface area contributed by atoms with Gasteiger partial charge in [0.2, 0.25) is 5.91 Å². The first kappa shape index (κ1) is 14.9. The van der Waals surface area contributed by atoms with Gasteiger partial charge in [0.1, 0.15) is 0 Å². The third kappa shape index (κ3) is 7.19. The van der Waals surface area contributed by atoms with Gasteiger partial charge in [0, 0.05) is 19.6 Å². The van der Waals surface area contributed by atoms with Crippen molar-refractivity contribution in [1.29, 1.82) is 0 Å². The molecule has 5 N–H and O–H groups in total. The highest BCUT2D eigenvalue weighted by Crippen LogP contribution is 1.99. The summed E-state index contributed by atoms with van der Waals surface area (Å²) in [5.41, 5.74) is 5.50. The molecule has 0 aliphatic carbocycles. The first-order valence-corrected chi connectivity index (χ1v) is 5.33. The van der Waals surface area contributed by atoms with E-state index in [-0.39, 0.29) is 31.3 Å². The van der Waals surface area contributed by atoms with E-state index in [4.69, 9.17) is 15.9 Å². The highest BCUT2D eigenvalue weighted by Gasteiger charge is 2.15. The molecule has 2 unspecified atom stereocenters. The number of aliphatic hydroxyl groups is 1. The number of carboxylic acids is 1. The molecule has 0 aromatic heterocycles. The van der Waals surface area contributed by atoms with Crippen molar-refractivity contribution in [3.63, 3.8) is 0 Å². The molecule has 0 spiro atoms. The zero-order chi connectivity index (χ0) is 12.6. The van der Waals surface area contributed by atoms with Gasteiger partial charge in [-0.15, -0.1) is 0 Å².